The Morgan fingerprint density at radius 3 is 2.95 bits per heavy atom. The molecule has 3 N–H and O–H groups in total. The SMILES string of the molecule is CCn1cc(N)c(C(=O)Nc2nc3ccccc3s2)n1. The molecule has 2 aromatic heterocycles. The van der Waals surface area contributed by atoms with Crippen molar-refractivity contribution in [3.05, 3.63) is 36.2 Å². The van der Waals surface area contributed by atoms with E-state index in [1.807, 2.05) is 31.2 Å². The Hall–Kier alpha value is -2.41. The van der Waals surface area contributed by atoms with Crippen LogP contribution in [0.15, 0.2) is 30.5 Å². The monoisotopic (exact) mass is 287 g/mol. The number of rotatable bonds is 3. The van der Waals surface area contributed by atoms with E-state index in [1.165, 1.54) is 11.3 Å². The van der Waals surface area contributed by atoms with Gasteiger partial charge in [-0.2, -0.15) is 5.10 Å². The van der Waals surface area contributed by atoms with Crippen molar-refractivity contribution in [3.8, 4) is 0 Å². The molecule has 3 aromatic rings. The van der Waals surface area contributed by atoms with Gasteiger partial charge in [0, 0.05) is 12.7 Å². The summed E-state index contributed by atoms with van der Waals surface area (Å²) in [5, 5.41) is 7.42. The van der Waals surface area contributed by atoms with Gasteiger partial charge in [-0.3, -0.25) is 14.8 Å². The molecule has 0 aliphatic heterocycles. The zero-order valence-electron chi connectivity index (χ0n) is 10.8. The minimum Gasteiger partial charge on any atom is -0.396 e. The number of aryl methyl sites for hydroxylation is 1. The second kappa shape index (κ2) is 4.93. The lowest BCUT2D eigenvalue weighted by molar-refractivity contribution is 0.102. The molecule has 1 aromatic carbocycles. The fourth-order valence-electron chi connectivity index (χ4n) is 1.86. The highest BCUT2D eigenvalue weighted by atomic mass is 32.1. The van der Waals surface area contributed by atoms with E-state index in [1.54, 1.807) is 10.9 Å². The number of benzene rings is 1. The van der Waals surface area contributed by atoms with Crippen LogP contribution in [0.4, 0.5) is 10.8 Å². The van der Waals surface area contributed by atoms with Gasteiger partial charge in [0.2, 0.25) is 0 Å². The summed E-state index contributed by atoms with van der Waals surface area (Å²) in [4.78, 5) is 16.5. The first-order chi connectivity index (χ1) is 9.67. The molecular formula is C13H13N5OS. The number of anilines is 2. The van der Waals surface area contributed by atoms with E-state index < -0.39 is 0 Å². The number of carbonyl (C=O) groups is 1. The van der Waals surface area contributed by atoms with Crippen LogP contribution in [0.5, 0.6) is 0 Å². The number of nitrogen functional groups attached to an aromatic ring is 1. The Kier molecular flexibility index (Phi) is 3.11. The highest BCUT2D eigenvalue weighted by molar-refractivity contribution is 7.22. The number of nitrogens with two attached hydrogens (primary N) is 1. The number of fused-ring (bicyclic) bond motifs is 1. The average Bonchev–Trinajstić information content (AvgIpc) is 3.01. The second-order valence-corrected chi connectivity index (χ2v) is 5.26. The standard InChI is InChI=1S/C13H13N5OS/c1-2-18-7-8(14)11(17-18)12(19)16-13-15-9-5-3-4-6-10(9)20-13/h3-7H,2,14H2,1H3,(H,15,16,19). The molecule has 0 saturated heterocycles. The zero-order chi connectivity index (χ0) is 14.1. The molecule has 0 aliphatic rings. The second-order valence-electron chi connectivity index (χ2n) is 4.23. The van der Waals surface area contributed by atoms with E-state index in [4.69, 9.17) is 5.73 Å². The largest absolute Gasteiger partial charge is 0.396 e. The van der Waals surface area contributed by atoms with Gasteiger partial charge in [-0.05, 0) is 19.1 Å². The maximum atomic E-state index is 12.1. The summed E-state index contributed by atoms with van der Waals surface area (Å²) >= 11 is 1.42. The third-order valence-corrected chi connectivity index (χ3v) is 3.80. The maximum Gasteiger partial charge on any atom is 0.280 e. The smallest absolute Gasteiger partial charge is 0.280 e. The molecule has 3 rings (SSSR count). The number of thiazole rings is 1. The molecule has 0 bridgehead atoms. The molecule has 0 saturated carbocycles. The molecule has 0 unspecified atom stereocenters. The Morgan fingerprint density at radius 2 is 2.25 bits per heavy atom. The molecule has 0 radical (unpaired) electrons. The molecule has 6 nitrogen and oxygen atoms in total. The van der Waals surface area contributed by atoms with Crippen molar-refractivity contribution in [2.24, 2.45) is 0 Å². The number of nitrogens with zero attached hydrogens (tertiary/aromatic N) is 3. The van der Waals surface area contributed by atoms with Crippen LogP contribution in [0.25, 0.3) is 10.2 Å². The van der Waals surface area contributed by atoms with Crippen molar-refractivity contribution in [1.82, 2.24) is 14.8 Å². The highest BCUT2D eigenvalue weighted by Crippen LogP contribution is 2.26. The van der Waals surface area contributed by atoms with Gasteiger partial charge in [0.05, 0.1) is 15.9 Å². The van der Waals surface area contributed by atoms with Crippen molar-refractivity contribution in [2.75, 3.05) is 11.1 Å². The summed E-state index contributed by atoms with van der Waals surface area (Å²) in [5.74, 6) is -0.339. The number of hydrogen-bond donors (Lipinski definition) is 2. The first kappa shape index (κ1) is 12.6. The number of carbonyl (C=O) groups excluding carboxylic acids is 1. The lowest BCUT2D eigenvalue weighted by atomic mass is 10.3. The van der Waals surface area contributed by atoms with Crippen molar-refractivity contribution >= 4 is 38.3 Å². The van der Waals surface area contributed by atoms with Gasteiger partial charge in [-0.15, -0.1) is 0 Å². The number of para-hydroxylation sites is 1. The molecule has 0 spiro atoms. The summed E-state index contributed by atoms with van der Waals surface area (Å²) in [7, 11) is 0. The van der Waals surface area contributed by atoms with Crippen molar-refractivity contribution < 1.29 is 4.79 Å². The fraction of sp³-hybridized carbons (Fsp3) is 0.154. The Bertz CT molecular complexity index is 743. The molecule has 0 aliphatic carbocycles. The molecule has 0 atom stereocenters. The molecule has 2 heterocycles. The Balaban J connectivity index is 1.86. The normalized spacial score (nSPS) is 10.8. The van der Waals surface area contributed by atoms with Gasteiger partial charge in [-0.1, -0.05) is 23.5 Å². The van der Waals surface area contributed by atoms with E-state index >= 15 is 0 Å². The Labute approximate surface area is 119 Å². The molecule has 7 heteroatoms. The van der Waals surface area contributed by atoms with Crippen molar-refractivity contribution in [1.29, 1.82) is 0 Å². The lowest BCUT2D eigenvalue weighted by Crippen LogP contribution is -2.14. The molecule has 1 amide bonds. The third-order valence-electron chi connectivity index (χ3n) is 2.84. The van der Waals surface area contributed by atoms with Gasteiger partial charge in [0.15, 0.2) is 10.8 Å². The zero-order valence-corrected chi connectivity index (χ0v) is 11.6. The molecule has 102 valence electrons. The molecule has 20 heavy (non-hydrogen) atoms. The number of aromatic nitrogens is 3. The van der Waals surface area contributed by atoms with Gasteiger partial charge in [-0.25, -0.2) is 4.98 Å². The van der Waals surface area contributed by atoms with Crippen LogP contribution in [-0.2, 0) is 6.54 Å². The highest BCUT2D eigenvalue weighted by Gasteiger charge is 2.16. The summed E-state index contributed by atoms with van der Waals surface area (Å²) in [6.07, 6.45) is 1.65. The number of amides is 1. The topological polar surface area (TPSA) is 85.8 Å². The average molecular weight is 287 g/mol. The summed E-state index contributed by atoms with van der Waals surface area (Å²) < 4.78 is 2.65. The number of hydrogen-bond acceptors (Lipinski definition) is 5. The lowest BCUT2D eigenvalue weighted by Gasteiger charge is -1.98. The minimum atomic E-state index is -0.339. The van der Waals surface area contributed by atoms with Crippen LogP contribution < -0.4 is 11.1 Å². The van der Waals surface area contributed by atoms with Gasteiger partial charge in [0.1, 0.15) is 0 Å². The Morgan fingerprint density at radius 1 is 1.45 bits per heavy atom. The van der Waals surface area contributed by atoms with Crippen LogP contribution in [0.3, 0.4) is 0 Å². The van der Waals surface area contributed by atoms with E-state index in [2.05, 4.69) is 15.4 Å². The van der Waals surface area contributed by atoms with Crippen molar-refractivity contribution in [3.63, 3.8) is 0 Å². The predicted molar refractivity (Wildman–Crippen MR) is 79.9 cm³/mol. The van der Waals surface area contributed by atoms with Crippen LogP contribution >= 0.6 is 11.3 Å². The van der Waals surface area contributed by atoms with E-state index in [9.17, 15) is 4.79 Å². The van der Waals surface area contributed by atoms with E-state index in [0.717, 1.165) is 10.2 Å². The van der Waals surface area contributed by atoms with Crippen molar-refractivity contribution in [2.45, 2.75) is 13.5 Å². The summed E-state index contributed by atoms with van der Waals surface area (Å²) in [5.41, 5.74) is 7.24. The summed E-state index contributed by atoms with van der Waals surface area (Å²) in [6.45, 7) is 2.60. The fourth-order valence-corrected chi connectivity index (χ4v) is 2.72. The summed E-state index contributed by atoms with van der Waals surface area (Å²) in [6, 6.07) is 7.71. The van der Waals surface area contributed by atoms with Gasteiger partial charge >= 0.3 is 0 Å². The number of nitrogens with one attached hydrogen (secondary N) is 1. The van der Waals surface area contributed by atoms with Gasteiger partial charge < -0.3 is 5.73 Å². The van der Waals surface area contributed by atoms with Crippen LogP contribution in [0.1, 0.15) is 17.4 Å². The van der Waals surface area contributed by atoms with E-state index in [-0.39, 0.29) is 11.6 Å². The quantitative estimate of drug-likeness (QED) is 0.774. The predicted octanol–water partition coefficient (Wildman–Crippen LogP) is 2.35. The van der Waals surface area contributed by atoms with Crippen LogP contribution in [0, 0.1) is 0 Å². The van der Waals surface area contributed by atoms with Crippen LogP contribution in [0.2, 0.25) is 0 Å². The third kappa shape index (κ3) is 2.23. The van der Waals surface area contributed by atoms with Crippen LogP contribution in [-0.4, -0.2) is 20.7 Å². The van der Waals surface area contributed by atoms with Gasteiger partial charge in [0.25, 0.3) is 5.91 Å². The van der Waals surface area contributed by atoms with E-state index in [0.29, 0.717) is 17.4 Å². The molecular weight excluding hydrogens is 274 g/mol. The first-order valence-electron chi connectivity index (χ1n) is 6.17. The molecule has 0 fully saturated rings. The first-order valence-corrected chi connectivity index (χ1v) is 6.99. The minimum absolute atomic E-state index is 0.228. The maximum absolute atomic E-state index is 12.1.